The molecule has 42 heavy (non-hydrogen) atoms. The molecule has 0 unspecified atom stereocenters. The van der Waals surface area contributed by atoms with Crippen molar-refractivity contribution in [1.29, 1.82) is 0 Å². The number of carbonyl (C=O) groups excluding carboxylic acids is 4. The highest BCUT2D eigenvalue weighted by molar-refractivity contribution is 5.99. The SMILES string of the molecule is CC(C)C[C@H](NC(=O)[C@H](CC(=O)O)NC(=O)[C@@H](NC(=O)[C@@H]1CCCC[C@H]1C(=O)O)c1cccc2ccccc12)C(N)=O. The number of primary amides is 1. The predicted molar refractivity (Wildman–Crippen MR) is 153 cm³/mol. The number of nitrogens with one attached hydrogen (secondary N) is 3. The van der Waals surface area contributed by atoms with Crippen LogP contribution in [0.15, 0.2) is 42.5 Å². The van der Waals surface area contributed by atoms with Gasteiger partial charge in [0.25, 0.3) is 0 Å². The molecule has 3 rings (SSSR count). The lowest BCUT2D eigenvalue weighted by Gasteiger charge is -2.30. The van der Waals surface area contributed by atoms with Gasteiger partial charge in [-0.15, -0.1) is 0 Å². The first-order chi connectivity index (χ1) is 19.9. The van der Waals surface area contributed by atoms with Crippen LogP contribution in [-0.4, -0.2) is 57.9 Å². The summed E-state index contributed by atoms with van der Waals surface area (Å²) < 4.78 is 0. The molecule has 12 heteroatoms. The van der Waals surface area contributed by atoms with E-state index in [0.717, 1.165) is 5.39 Å². The van der Waals surface area contributed by atoms with Gasteiger partial charge in [-0.2, -0.15) is 0 Å². The summed E-state index contributed by atoms with van der Waals surface area (Å²) in [5, 5.41) is 28.1. The molecule has 1 aliphatic carbocycles. The van der Waals surface area contributed by atoms with Crippen molar-refractivity contribution in [2.24, 2.45) is 23.5 Å². The Kier molecular flexibility index (Phi) is 11.0. The number of nitrogens with two attached hydrogens (primary N) is 1. The second-order valence-electron chi connectivity index (χ2n) is 11.1. The summed E-state index contributed by atoms with van der Waals surface area (Å²) in [5.74, 6) is -7.50. The van der Waals surface area contributed by atoms with E-state index in [4.69, 9.17) is 5.73 Å². The van der Waals surface area contributed by atoms with Crippen molar-refractivity contribution in [2.45, 2.75) is 70.5 Å². The van der Waals surface area contributed by atoms with Gasteiger partial charge in [0.2, 0.25) is 23.6 Å². The van der Waals surface area contributed by atoms with Gasteiger partial charge in [0, 0.05) is 0 Å². The number of aliphatic carboxylic acids is 2. The fourth-order valence-corrected chi connectivity index (χ4v) is 5.41. The van der Waals surface area contributed by atoms with E-state index in [-0.39, 0.29) is 12.3 Å². The first-order valence-corrected chi connectivity index (χ1v) is 14.0. The largest absolute Gasteiger partial charge is 0.481 e. The van der Waals surface area contributed by atoms with Gasteiger partial charge in [-0.25, -0.2) is 0 Å². The van der Waals surface area contributed by atoms with E-state index in [1.807, 2.05) is 26.0 Å². The summed E-state index contributed by atoms with van der Waals surface area (Å²) in [6.07, 6.45) is 1.40. The van der Waals surface area contributed by atoms with Gasteiger partial charge in [-0.05, 0) is 41.5 Å². The highest BCUT2D eigenvalue weighted by atomic mass is 16.4. The van der Waals surface area contributed by atoms with Gasteiger partial charge in [0.05, 0.1) is 18.3 Å². The van der Waals surface area contributed by atoms with Crippen molar-refractivity contribution >= 4 is 46.3 Å². The molecular weight excluding hydrogens is 544 g/mol. The fraction of sp³-hybridized carbons (Fsp3) is 0.467. The minimum Gasteiger partial charge on any atom is -0.481 e. The van der Waals surface area contributed by atoms with Crippen LogP contribution in [0.1, 0.15) is 64.0 Å². The first-order valence-electron chi connectivity index (χ1n) is 14.0. The minimum atomic E-state index is -1.60. The van der Waals surface area contributed by atoms with Crippen LogP contribution >= 0.6 is 0 Å². The molecule has 226 valence electrons. The van der Waals surface area contributed by atoms with E-state index in [9.17, 15) is 39.0 Å². The third-order valence-corrected chi connectivity index (χ3v) is 7.48. The van der Waals surface area contributed by atoms with E-state index < -0.39 is 71.9 Å². The van der Waals surface area contributed by atoms with E-state index in [2.05, 4.69) is 16.0 Å². The molecule has 0 aliphatic heterocycles. The Morgan fingerprint density at radius 1 is 0.833 bits per heavy atom. The van der Waals surface area contributed by atoms with Crippen LogP contribution in [0.2, 0.25) is 0 Å². The van der Waals surface area contributed by atoms with Crippen LogP contribution < -0.4 is 21.7 Å². The van der Waals surface area contributed by atoms with Crippen molar-refractivity contribution < 1.29 is 39.0 Å². The normalized spacial score (nSPS) is 18.8. The number of rotatable bonds is 13. The molecule has 0 heterocycles. The van der Waals surface area contributed by atoms with Gasteiger partial charge in [-0.3, -0.25) is 28.8 Å². The first kappa shape index (κ1) is 32.0. The summed E-state index contributed by atoms with van der Waals surface area (Å²) in [5.41, 5.74) is 5.81. The number of amides is 4. The Hall–Kier alpha value is -4.48. The van der Waals surface area contributed by atoms with E-state index in [1.54, 1.807) is 30.3 Å². The molecule has 0 bridgehead atoms. The quantitative estimate of drug-likeness (QED) is 0.205. The number of carboxylic acids is 2. The maximum Gasteiger partial charge on any atom is 0.307 e. The summed E-state index contributed by atoms with van der Waals surface area (Å²) in [4.78, 5) is 75.8. The maximum atomic E-state index is 13.8. The van der Waals surface area contributed by atoms with Crippen LogP contribution in [0, 0.1) is 17.8 Å². The smallest absolute Gasteiger partial charge is 0.307 e. The number of fused-ring (bicyclic) bond motifs is 1. The third-order valence-electron chi connectivity index (χ3n) is 7.48. The van der Waals surface area contributed by atoms with Crippen LogP contribution in [0.5, 0.6) is 0 Å². The summed E-state index contributed by atoms with van der Waals surface area (Å²) in [6, 6.07) is 8.19. The predicted octanol–water partition coefficient (Wildman–Crippen LogP) is 1.86. The Morgan fingerprint density at radius 2 is 1.45 bits per heavy atom. The average molecular weight is 583 g/mol. The molecular formula is C30H38N4O8. The summed E-state index contributed by atoms with van der Waals surface area (Å²) in [7, 11) is 0. The van der Waals surface area contributed by atoms with Gasteiger partial charge in [0.15, 0.2) is 0 Å². The topological polar surface area (TPSA) is 205 Å². The van der Waals surface area contributed by atoms with E-state index in [1.165, 1.54) is 0 Å². The average Bonchev–Trinajstić information content (AvgIpc) is 2.94. The lowest BCUT2D eigenvalue weighted by atomic mass is 9.78. The second kappa shape index (κ2) is 14.4. The zero-order chi connectivity index (χ0) is 31.0. The molecule has 2 aromatic rings. The van der Waals surface area contributed by atoms with Crippen molar-refractivity contribution in [3.63, 3.8) is 0 Å². The highest BCUT2D eigenvalue weighted by Gasteiger charge is 2.38. The van der Waals surface area contributed by atoms with Gasteiger partial charge in [0.1, 0.15) is 18.1 Å². The van der Waals surface area contributed by atoms with E-state index >= 15 is 0 Å². The van der Waals surface area contributed by atoms with Crippen LogP contribution in [0.3, 0.4) is 0 Å². The van der Waals surface area contributed by atoms with Gasteiger partial charge >= 0.3 is 11.9 Å². The van der Waals surface area contributed by atoms with Crippen molar-refractivity contribution in [2.75, 3.05) is 0 Å². The van der Waals surface area contributed by atoms with Crippen molar-refractivity contribution in [1.82, 2.24) is 16.0 Å². The molecule has 1 saturated carbocycles. The second-order valence-corrected chi connectivity index (χ2v) is 11.1. The zero-order valence-corrected chi connectivity index (χ0v) is 23.7. The number of hydrogen-bond donors (Lipinski definition) is 6. The molecule has 2 aromatic carbocycles. The number of carboxylic acid groups (broad SMARTS) is 2. The Balaban J connectivity index is 1.96. The molecule has 0 saturated heterocycles. The third kappa shape index (κ3) is 8.27. The molecule has 0 spiro atoms. The lowest BCUT2D eigenvalue weighted by molar-refractivity contribution is -0.149. The molecule has 1 aliphatic rings. The lowest BCUT2D eigenvalue weighted by Crippen LogP contribution is -2.55. The van der Waals surface area contributed by atoms with Crippen LogP contribution in [0.25, 0.3) is 10.8 Å². The summed E-state index contributed by atoms with van der Waals surface area (Å²) >= 11 is 0. The Morgan fingerprint density at radius 3 is 2.07 bits per heavy atom. The van der Waals surface area contributed by atoms with Crippen molar-refractivity contribution in [3.8, 4) is 0 Å². The number of hydrogen-bond acceptors (Lipinski definition) is 6. The van der Waals surface area contributed by atoms with Crippen LogP contribution in [-0.2, 0) is 28.8 Å². The van der Waals surface area contributed by atoms with E-state index in [0.29, 0.717) is 36.6 Å². The zero-order valence-electron chi connectivity index (χ0n) is 23.7. The van der Waals surface area contributed by atoms with Gasteiger partial charge in [-0.1, -0.05) is 69.2 Å². The summed E-state index contributed by atoms with van der Waals surface area (Å²) in [6.45, 7) is 3.63. The molecule has 0 radical (unpaired) electrons. The number of benzene rings is 2. The molecule has 0 aromatic heterocycles. The standard InChI is InChI=1S/C30H38N4O8/c1-16(2)14-22(26(31)37)32-28(39)23(15-24(35)36)33-29(40)25(19-13-7-9-17-8-3-4-10-18(17)19)34-27(38)20-11-5-6-12-21(20)30(41)42/h3-4,7-10,13,16,20-23,25H,5-6,11-12,14-15H2,1-2H3,(H2,31,37)(H,32,39)(H,33,40)(H,34,38)(H,35,36)(H,41,42)/t20-,21-,22+,23+,25+/m1/s1. The molecule has 1 fully saturated rings. The Labute approximate surface area is 243 Å². The monoisotopic (exact) mass is 582 g/mol. The molecule has 7 N–H and O–H groups in total. The van der Waals surface area contributed by atoms with Crippen molar-refractivity contribution in [3.05, 3.63) is 48.0 Å². The fourth-order valence-electron chi connectivity index (χ4n) is 5.41. The highest BCUT2D eigenvalue weighted by Crippen LogP contribution is 2.32. The molecule has 5 atom stereocenters. The van der Waals surface area contributed by atoms with Crippen LogP contribution in [0.4, 0.5) is 0 Å². The molecule has 4 amide bonds. The molecule has 12 nitrogen and oxygen atoms in total. The van der Waals surface area contributed by atoms with Gasteiger partial charge < -0.3 is 31.9 Å². The minimum absolute atomic E-state index is 0.0179. The maximum absolute atomic E-state index is 13.8. The number of carbonyl (C=O) groups is 6. The Bertz CT molecular complexity index is 1340.